The van der Waals surface area contributed by atoms with Gasteiger partial charge in [-0.25, -0.2) is 0 Å². The molecule has 1 aromatic rings. The maximum absolute atomic E-state index is 13.5. The summed E-state index contributed by atoms with van der Waals surface area (Å²) in [5, 5.41) is 13.1. The van der Waals surface area contributed by atoms with Crippen LogP contribution >= 0.6 is 0 Å². The number of nitrogens with one attached hydrogen (secondary N) is 1. The van der Waals surface area contributed by atoms with Gasteiger partial charge in [0.25, 0.3) is 0 Å². The molecule has 3 aliphatic heterocycles. The van der Waals surface area contributed by atoms with Crippen LogP contribution in [0.4, 0.5) is 0 Å². The number of carboxylic acid groups (broad SMARTS) is 1. The number of hydrogen-bond donors (Lipinski definition) is 2. The molecule has 4 aliphatic rings. The zero-order valence-corrected chi connectivity index (χ0v) is 16.9. The summed E-state index contributed by atoms with van der Waals surface area (Å²) in [5.41, 5.74) is -0.787. The maximum atomic E-state index is 13.5. The average molecular weight is 414 g/mol. The second kappa shape index (κ2) is 6.97. The molecule has 0 aromatic heterocycles. The molecule has 2 saturated heterocycles. The van der Waals surface area contributed by atoms with E-state index in [1.165, 1.54) is 11.8 Å². The normalized spacial score (nSPS) is 33.6. The van der Waals surface area contributed by atoms with Crippen LogP contribution in [0.5, 0.6) is 11.5 Å². The molecule has 2 N–H and O–H groups in total. The number of benzene rings is 1. The minimum atomic E-state index is -1.52. The van der Waals surface area contributed by atoms with Gasteiger partial charge in [-0.2, -0.15) is 0 Å². The van der Waals surface area contributed by atoms with Crippen molar-refractivity contribution in [2.75, 3.05) is 13.2 Å². The van der Waals surface area contributed by atoms with Crippen molar-refractivity contribution in [1.82, 2.24) is 10.2 Å². The van der Waals surface area contributed by atoms with E-state index in [-0.39, 0.29) is 17.9 Å². The minimum Gasteiger partial charge on any atom is -0.486 e. The third-order valence-electron chi connectivity index (χ3n) is 7.13. The predicted octanol–water partition coefficient (Wildman–Crippen LogP) is 1.88. The van der Waals surface area contributed by atoms with Crippen LogP contribution in [0, 0.1) is 11.8 Å². The Labute approximate surface area is 174 Å². The fraction of sp³-hybridized carbons (Fsp3) is 0.591. The number of carbonyl (C=O) groups is 3. The molecule has 4 atom stereocenters. The Bertz CT molecular complexity index is 911. The van der Waals surface area contributed by atoms with Gasteiger partial charge < -0.3 is 14.6 Å². The van der Waals surface area contributed by atoms with Crippen molar-refractivity contribution in [2.45, 2.75) is 56.7 Å². The lowest BCUT2D eigenvalue weighted by Gasteiger charge is -2.33. The van der Waals surface area contributed by atoms with E-state index in [2.05, 4.69) is 5.32 Å². The monoisotopic (exact) mass is 414 g/mol. The van der Waals surface area contributed by atoms with Crippen LogP contribution in [-0.4, -0.2) is 52.6 Å². The van der Waals surface area contributed by atoms with E-state index in [0.29, 0.717) is 24.7 Å². The summed E-state index contributed by atoms with van der Waals surface area (Å²) in [4.78, 5) is 40.5. The molecule has 3 heterocycles. The highest BCUT2D eigenvalue weighted by Gasteiger charge is 2.67. The van der Waals surface area contributed by atoms with Crippen molar-refractivity contribution < 1.29 is 29.0 Å². The number of ether oxygens (including phenoxy) is 2. The maximum Gasteiger partial charge on any atom is 0.324 e. The Hall–Kier alpha value is -2.61. The first-order valence-corrected chi connectivity index (χ1v) is 10.7. The van der Waals surface area contributed by atoms with E-state index in [4.69, 9.17) is 9.47 Å². The van der Waals surface area contributed by atoms with Gasteiger partial charge in [-0.3, -0.25) is 24.6 Å². The van der Waals surface area contributed by atoms with Gasteiger partial charge in [0, 0.05) is 12.1 Å². The van der Waals surface area contributed by atoms with Gasteiger partial charge in [0.05, 0.1) is 11.8 Å². The molecule has 5 rings (SSSR count). The number of nitrogens with zero attached hydrogens (tertiary/aromatic N) is 1. The fourth-order valence-electron chi connectivity index (χ4n) is 5.60. The van der Waals surface area contributed by atoms with Crippen LogP contribution in [-0.2, 0) is 14.4 Å². The topological polar surface area (TPSA) is 105 Å². The molecule has 0 spiro atoms. The summed E-state index contributed by atoms with van der Waals surface area (Å²) in [5.74, 6) is -2.21. The van der Waals surface area contributed by atoms with Crippen molar-refractivity contribution in [3.63, 3.8) is 0 Å². The minimum absolute atomic E-state index is 0.122. The van der Waals surface area contributed by atoms with Gasteiger partial charge in [0.15, 0.2) is 11.5 Å². The largest absolute Gasteiger partial charge is 0.486 e. The molecule has 1 saturated carbocycles. The molecule has 1 aliphatic carbocycles. The van der Waals surface area contributed by atoms with Crippen molar-refractivity contribution >= 4 is 17.8 Å². The van der Waals surface area contributed by atoms with Gasteiger partial charge in [-0.1, -0.05) is 25.3 Å². The molecule has 1 aromatic carbocycles. The first-order chi connectivity index (χ1) is 14.4. The number of rotatable bonds is 3. The summed E-state index contributed by atoms with van der Waals surface area (Å²) in [6.07, 6.45) is 4.66. The van der Waals surface area contributed by atoms with Crippen LogP contribution < -0.4 is 14.8 Å². The highest BCUT2D eigenvalue weighted by Crippen LogP contribution is 2.50. The van der Waals surface area contributed by atoms with Crippen LogP contribution in [0.3, 0.4) is 0 Å². The Morgan fingerprint density at radius 3 is 2.50 bits per heavy atom. The van der Waals surface area contributed by atoms with E-state index < -0.39 is 29.4 Å². The second-order valence-corrected chi connectivity index (χ2v) is 8.87. The van der Waals surface area contributed by atoms with Gasteiger partial charge in [-0.15, -0.1) is 0 Å². The van der Waals surface area contributed by atoms with Crippen LogP contribution in [0.1, 0.15) is 50.6 Å². The molecule has 4 unspecified atom stereocenters. The molecular formula is C22H26N2O6. The zero-order chi connectivity index (χ0) is 21.0. The molecule has 8 heteroatoms. The van der Waals surface area contributed by atoms with E-state index in [0.717, 1.165) is 37.7 Å². The van der Waals surface area contributed by atoms with Crippen molar-refractivity contribution in [3.05, 3.63) is 23.8 Å². The summed E-state index contributed by atoms with van der Waals surface area (Å²) in [6, 6.07) is 4.67. The Balaban J connectivity index is 1.54. The lowest BCUT2D eigenvalue weighted by molar-refractivity contribution is -0.151. The van der Waals surface area contributed by atoms with Crippen LogP contribution in [0.2, 0.25) is 0 Å². The Morgan fingerprint density at radius 2 is 1.80 bits per heavy atom. The number of aliphatic carboxylic acids is 1. The van der Waals surface area contributed by atoms with Crippen molar-refractivity contribution in [2.24, 2.45) is 11.8 Å². The first-order valence-electron chi connectivity index (χ1n) is 10.7. The van der Waals surface area contributed by atoms with Crippen molar-refractivity contribution in [3.8, 4) is 11.5 Å². The third kappa shape index (κ3) is 2.73. The molecule has 3 fully saturated rings. The number of imide groups is 1. The predicted molar refractivity (Wildman–Crippen MR) is 105 cm³/mol. The van der Waals surface area contributed by atoms with E-state index in [1.807, 2.05) is 6.07 Å². The number of carboxylic acids is 1. The molecular weight excluding hydrogens is 388 g/mol. The second-order valence-electron chi connectivity index (χ2n) is 8.87. The summed E-state index contributed by atoms with van der Waals surface area (Å²) >= 11 is 0. The number of amides is 2. The zero-order valence-electron chi connectivity index (χ0n) is 16.9. The molecule has 2 amide bonds. The lowest BCUT2D eigenvalue weighted by atomic mass is 9.80. The lowest BCUT2D eigenvalue weighted by Crippen LogP contribution is -2.54. The SMILES string of the molecule is CC1(C(=O)O)NC(c2ccc3c(c2)OCCO3)C2C(=O)N(C3CCCCC3)C(=O)C21. The van der Waals surface area contributed by atoms with Crippen LogP contribution in [0.15, 0.2) is 18.2 Å². The molecule has 0 bridgehead atoms. The molecule has 30 heavy (non-hydrogen) atoms. The quantitative estimate of drug-likeness (QED) is 0.728. The van der Waals surface area contributed by atoms with E-state index in [1.54, 1.807) is 12.1 Å². The van der Waals surface area contributed by atoms with Gasteiger partial charge in [-0.05, 0) is 37.5 Å². The molecule has 8 nitrogen and oxygen atoms in total. The average Bonchev–Trinajstić information content (AvgIpc) is 3.22. The standard InChI is InChI=1S/C22H26N2O6/c1-22(21(27)28)17-16(19(25)24(20(17)26)13-5-3-2-4-6-13)18(23-22)12-7-8-14-15(11-12)30-10-9-29-14/h7-8,11,13,16-18,23H,2-6,9-10H2,1H3,(H,27,28). The third-order valence-corrected chi connectivity index (χ3v) is 7.13. The van der Waals surface area contributed by atoms with E-state index >= 15 is 0 Å². The first kappa shape index (κ1) is 19.4. The summed E-state index contributed by atoms with van der Waals surface area (Å²) in [7, 11) is 0. The Morgan fingerprint density at radius 1 is 1.10 bits per heavy atom. The number of likely N-dealkylation sites (tertiary alicyclic amines) is 1. The van der Waals surface area contributed by atoms with Gasteiger partial charge in [0.2, 0.25) is 11.8 Å². The van der Waals surface area contributed by atoms with Crippen molar-refractivity contribution in [1.29, 1.82) is 0 Å². The number of carbonyl (C=O) groups excluding carboxylic acids is 2. The summed E-state index contributed by atoms with van der Waals surface area (Å²) < 4.78 is 11.2. The highest BCUT2D eigenvalue weighted by molar-refractivity contribution is 6.09. The fourth-order valence-corrected chi connectivity index (χ4v) is 5.60. The van der Waals surface area contributed by atoms with Crippen LogP contribution in [0.25, 0.3) is 0 Å². The molecule has 0 radical (unpaired) electrons. The smallest absolute Gasteiger partial charge is 0.324 e. The molecule has 160 valence electrons. The highest BCUT2D eigenvalue weighted by atomic mass is 16.6. The van der Waals surface area contributed by atoms with E-state index in [9.17, 15) is 19.5 Å². The summed E-state index contributed by atoms with van der Waals surface area (Å²) in [6.45, 7) is 2.42. The van der Waals surface area contributed by atoms with Gasteiger partial charge in [0.1, 0.15) is 18.8 Å². The Kier molecular flexibility index (Phi) is 4.50. The number of hydrogen-bond acceptors (Lipinski definition) is 6. The number of fused-ring (bicyclic) bond motifs is 2. The van der Waals surface area contributed by atoms with Gasteiger partial charge >= 0.3 is 5.97 Å².